The van der Waals surface area contributed by atoms with E-state index in [0.29, 0.717) is 6.07 Å². The van der Waals surface area contributed by atoms with Crippen LogP contribution in [-0.4, -0.2) is 32.6 Å². The number of benzene rings is 2. The second-order valence-electron chi connectivity index (χ2n) is 5.18. The number of carbonyl (C=O) groups is 1. The lowest BCUT2D eigenvalue weighted by Crippen LogP contribution is -2.22. The summed E-state index contributed by atoms with van der Waals surface area (Å²) >= 11 is 0. The minimum Gasteiger partial charge on any atom is -0.289 e. The summed E-state index contributed by atoms with van der Waals surface area (Å²) in [6, 6.07) is 8.56. The van der Waals surface area contributed by atoms with Gasteiger partial charge >= 0.3 is 0 Å². The maximum absolute atomic E-state index is 13.5. The Morgan fingerprint density at radius 2 is 1.79 bits per heavy atom. The van der Waals surface area contributed by atoms with Crippen LogP contribution in [0, 0.1) is 11.6 Å². The first-order chi connectivity index (χ1) is 11.2. The monoisotopic (exact) mass is 351 g/mol. The highest BCUT2D eigenvalue weighted by atomic mass is 32.2. The highest BCUT2D eigenvalue weighted by molar-refractivity contribution is 7.89. The average Bonchev–Trinajstić information content (AvgIpc) is 2.53. The molecular formula is C17H15F2NO3S. The molecule has 0 heterocycles. The number of halogens is 2. The quantitative estimate of drug-likeness (QED) is 0.614. The maximum atomic E-state index is 13.5. The first-order valence-corrected chi connectivity index (χ1v) is 8.36. The summed E-state index contributed by atoms with van der Waals surface area (Å²) in [5, 5.41) is 0. The molecule has 4 nitrogen and oxygen atoms in total. The molecule has 0 atom stereocenters. The molecule has 0 aromatic heterocycles. The van der Waals surface area contributed by atoms with Crippen LogP contribution >= 0.6 is 0 Å². The van der Waals surface area contributed by atoms with Gasteiger partial charge in [-0.15, -0.1) is 0 Å². The van der Waals surface area contributed by atoms with Crippen LogP contribution < -0.4 is 0 Å². The molecule has 0 N–H and O–H groups in total. The van der Waals surface area contributed by atoms with E-state index in [1.54, 1.807) is 0 Å². The number of nitrogens with zero attached hydrogens (tertiary/aromatic N) is 1. The van der Waals surface area contributed by atoms with Gasteiger partial charge in [-0.25, -0.2) is 21.5 Å². The van der Waals surface area contributed by atoms with Crippen molar-refractivity contribution < 1.29 is 22.0 Å². The van der Waals surface area contributed by atoms with Gasteiger partial charge in [0.25, 0.3) is 0 Å². The Bertz CT molecular complexity index is 906. The third-order valence-corrected chi connectivity index (χ3v) is 5.08. The van der Waals surface area contributed by atoms with Crippen molar-refractivity contribution in [1.82, 2.24) is 4.31 Å². The van der Waals surface area contributed by atoms with Gasteiger partial charge in [0.2, 0.25) is 10.0 Å². The number of rotatable bonds is 5. The van der Waals surface area contributed by atoms with E-state index in [1.165, 1.54) is 50.5 Å². The van der Waals surface area contributed by atoms with E-state index in [1.807, 2.05) is 0 Å². The van der Waals surface area contributed by atoms with Crippen LogP contribution in [0.4, 0.5) is 8.78 Å². The van der Waals surface area contributed by atoms with Gasteiger partial charge in [-0.2, -0.15) is 0 Å². The van der Waals surface area contributed by atoms with E-state index < -0.39 is 27.4 Å². The zero-order valence-electron chi connectivity index (χ0n) is 13.0. The molecule has 0 radical (unpaired) electrons. The Morgan fingerprint density at radius 1 is 1.08 bits per heavy atom. The molecule has 126 valence electrons. The molecule has 2 rings (SSSR count). The molecule has 0 spiro atoms. The van der Waals surface area contributed by atoms with Crippen LogP contribution in [0.1, 0.15) is 15.9 Å². The second kappa shape index (κ2) is 7.02. The van der Waals surface area contributed by atoms with Crippen LogP contribution in [0.25, 0.3) is 6.08 Å². The van der Waals surface area contributed by atoms with Crippen LogP contribution in [0.3, 0.4) is 0 Å². The predicted molar refractivity (Wildman–Crippen MR) is 87.0 cm³/mol. The SMILES string of the molecule is CN(C)S(=O)(=O)c1cccc(C(=O)C=Cc2ccc(F)cc2F)c1. The summed E-state index contributed by atoms with van der Waals surface area (Å²) in [4.78, 5) is 12.1. The molecule has 2 aromatic carbocycles. The summed E-state index contributed by atoms with van der Waals surface area (Å²) in [7, 11) is -0.876. The normalized spacial score (nSPS) is 12.0. The van der Waals surface area contributed by atoms with Crippen molar-refractivity contribution >= 4 is 21.9 Å². The van der Waals surface area contributed by atoms with Gasteiger partial charge < -0.3 is 0 Å². The molecule has 0 unspecified atom stereocenters. The van der Waals surface area contributed by atoms with Crippen molar-refractivity contribution in [3.63, 3.8) is 0 Å². The fourth-order valence-corrected chi connectivity index (χ4v) is 2.87. The van der Waals surface area contributed by atoms with Gasteiger partial charge in [-0.05, 0) is 36.4 Å². The number of allylic oxidation sites excluding steroid dienone is 1. The van der Waals surface area contributed by atoms with Crippen LogP contribution in [-0.2, 0) is 10.0 Å². The summed E-state index contributed by atoms with van der Waals surface area (Å²) in [5.74, 6) is -1.99. The van der Waals surface area contributed by atoms with Crippen molar-refractivity contribution in [1.29, 1.82) is 0 Å². The lowest BCUT2D eigenvalue weighted by atomic mass is 10.1. The maximum Gasteiger partial charge on any atom is 0.242 e. The molecule has 0 bridgehead atoms. The van der Waals surface area contributed by atoms with Crippen molar-refractivity contribution in [3.8, 4) is 0 Å². The fraction of sp³-hybridized carbons (Fsp3) is 0.118. The lowest BCUT2D eigenvalue weighted by Gasteiger charge is -2.11. The molecule has 2 aromatic rings. The standard InChI is InChI=1S/C17H15F2NO3S/c1-20(2)24(22,23)15-5-3-4-13(10-15)17(21)9-7-12-6-8-14(18)11-16(12)19/h3-11H,1-2H3. The summed E-state index contributed by atoms with van der Waals surface area (Å²) < 4.78 is 51.6. The Morgan fingerprint density at radius 3 is 2.42 bits per heavy atom. The van der Waals surface area contributed by atoms with Gasteiger partial charge in [0.1, 0.15) is 11.6 Å². The van der Waals surface area contributed by atoms with E-state index in [9.17, 15) is 22.0 Å². The number of carbonyl (C=O) groups excluding carboxylic acids is 1. The summed E-state index contributed by atoms with van der Waals surface area (Å²) in [6.07, 6.45) is 2.32. The number of ketones is 1. The first-order valence-electron chi connectivity index (χ1n) is 6.92. The Balaban J connectivity index is 2.29. The highest BCUT2D eigenvalue weighted by Gasteiger charge is 2.18. The Hall–Kier alpha value is -2.38. The van der Waals surface area contributed by atoms with Crippen LogP contribution in [0.15, 0.2) is 53.4 Å². The minimum atomic E-state index is -3.66. The summed E-state index contributed by atoms with van der Waals surface area (Å²) in [6.45, 7) is 0. The lowest BCUT2D eigenvalue weighted by molar-refractivity contribution is 0.104. The van der Waals surface area contributed by atoms with Crippen LogP contribution in [0.2, 0.25) is 0 Å². The molecule has 0 saturated carbocycles. The third kappa shape index (κ3) is 3.93. The zero-order valence-corrected chi connectivity index (χ0v) is 13.8. The molecule has 7 heteroatoms. The Labute approximate surface area is 139 Å². The van der Waals surface area contributed by atoms with E-state index in [4.69, 9.17) is 0 Å². The molecule has 24 heavy (non-hydrogen) atoms. The molecule has 0 saturated heterocycles. The van der Waals surface area contributed by atoms with Gasteiger partial charge in [0.15, 0.2) is 5.78 Å². The number of hydrogen-bond acceptors (Lipinski definition) is 3. The largest absolute Gasteiger partial charge is 0.289 e. The van der Waals surface area contributed by atoms with E-state index in [-0.39, 0.29) is 16.0 Å². The first kappa shape index (κ1) is 18.0. The topological polar surface area (TPSA) is 54.5 Å². The van der Waals surface area contributed by atoms with Gasteiger partial charge in [-0.1, -0.05) is 12.1 Å². The third-order valence-electron chi connectivity index (χ3n) is 3.27. The van der Waals surface area contributed by atoms with Gasteiger partial charge in [0, 0.05) is 31.3 Å². The Kier molecular flexibility index (Phi) is 5.26. The zero-order chi connectivity index (χ0) is 17.9. The van der Waals surface area contributed by atoms with E-state index in [2.05, 4.69) is 0 Å². The number of sulfonamides is 1. The predicted octanol–water partition coefficient (Wildman–Crippen LogP) is 3.11. The van der Waals surface area contributed by atoms with Crippen molar-refractivity contribution in [2.45, 2.75) is 4.90 Å². The van der Waals surface area contributed by atoms with E-state index >= 15 is 0 Å². The molecule has 0 aliphatic rings. The van der Waals surface area contributed by atoms with Crippen molar-refractivity contribution in [3.05, 3.63) is 71.3 Å². The summed E-state index contributed by atoms with van der Waals surface area (Å²) in [5.41, 5.74) is 0.207. The number of hydrogen-bond donors (Lipinski definition) is 0. The molecule has 0 amide bonds. The van der Waals surface area contributed by atoms with Gasteiger partial charge in [0.05, 0.1) is 4.90 Å². The van der Waals surface area contributed by atoms with E-state index in [0.717, 1.165) is 16.4 Å². The van der Waals surface area contributed by atoms with Crippen molar-refractivity contribution in [2.24, 2.45) is 0 Å². The second-order valence-corrected chi connectivity index (χ2v) is 7.33. The fourth-order valence-electron chi connectivity index (χ4n) is 1.92. The van der Waals surface area contributed by atoms with Gasteiger partial charge in [-0.3, -0.25) is 4.79 Å². The smallest absolute Gasteiger partial charge is 0.242 e. The highest BCUT2D eigenvalue weighted by Crippen LogP contribution is 2.16. The molecule has 0 fully saturated rings. The molecule has 0 aliphatic carbocycles. The van der Waals surface area contributed by atoms with Crippen LogP contribution in [0.5, 0.6) is 0 Å². The molecule has 0 aliphatic heterocycles. The minimum absolute atomic E-state index is 0.0142. The van der Waals surface area contributed by atoms with Crippen molar-refractivity contribution in [2.75, 3.05) is 14.1 Å². The molecular weight excluding hydrogens is 336 g/mol. The average molecular weight is 351 g/mol.